The van der Waals surface area contributed by atoms with Gasteiger partial charge in [-0.25, -0.2) is 4.98 Å². The van der Waals surface area contributed by atoms with Crippen LogP contribution in [0.4, 0.5) is 0 Å². The molecule has 4 nitrogen and oxygen atoms in total. The van der Waals surface area contributed by atoms with E-state index in [4.69, 9.17) is 0 Å². The van der Waals surface area contributed by atoms with E-state index >= 15 is 0 Å². The first-order valence-corrected chi connectivity index (χ1v) is 9.21. The van der Waals surface area contributed by atoms with Gasteiger partial charge in [-0.05, 0) is 57.2 Å². The largest absolute Gasteiger partial charge is 0.327 e. The van der Waals surface area contributed by atoms with E-state index in [1.807, 2.05) is 0 Å². The molecule has 0 amide bonds. The van der Waals surface area contributed by atoms with Gasteiger partial charge in [0.1, 0.15) is 5.82 Å². The number of fused-ring (bicyclic) bond motifs is 1. The summed E-state index contributed by atoms with van der Waals surface area (Å²) >= 11 is 0. The number of aryl methyl sites for hydroxylation is 1. The lowest BCUT2D eigenvalue weighted by Gasteiger charge is -2.26. The van der Waals surface area contributed by atoms with Crippen molar-refractivity contribution in [2.24, 2.45) is 5.92 Å². The highest BCUT2D eigenvalue weighted by atomic mass is 15.1. The highest BCUT2D eigenvalue weighted by Crippen LogP contribution is 2.31. The number of aromatic nitrogens is 2. The Kier molecular flexibility index (Phi) is 4.36. The maximum absolute atomic E-state index is 4.67. The van der Waals surface area contributed by atoms with Gasteiger partial charge in [-0.2, -0.15) is 0 Å². The Labute approximate surface area is 138 Å². The molecule has 2 aromatic rings. The van der Waals surface area contributed by atoms with Crippen molar-refractivity contribution in [3.63, 3.8) is 0 Å². The zero-order valence-electron chi connectivity index (χ0n) is 14.1. The second kappa shape index (κ2) is 6.62. The molecule has 4 rings (SSSR count). The summed E-state index contributed by atoms with van der Waals surface area (Å²) < 4.78 is 2.35. The zero-order chi connectivity index (χ0) is 15.6. The van der Waals surface area contributed by atoms with Crippen molar-refractivity contribution in [2.45, 2.75) is 57.7 Å². The topological polar surface area (TPSA) is 41.9 Å². The van der Waals surface area contributed by atoms with Crippen molar-refractivity contribution in [3.8, 4) is 0 Å². The highest BCUT2D eigenvalue weighted by molar-refractivity contribution is 5.75. The molecular formula is C19H28N4. The number of nitrogens with zero attached hydrogens (tertiary/aromatic N) is 2. The molecule has 4 heteroatoms. The maximum atomic E-state index is 4.67. The van der Waals surface area contributed by atoms with Crippen molar-refractivity contribution in [2.75, 3.05) is 13.1 Å². The average Bonchev–Trinajstić information content (AvgIpc) is 3.27. The van der Waals surface area contributed by atoms with Crippen LogP contribution in [0, 0.1) is 12.8 Å². The van der Waals surface area contributed by atoms with Crippen LogP contribution in [0.5, 0.6) is 0 Å². The fraction of sp³-hybridized carbons (Fsp3) is 0.632. The third-order valence-electron chi connectivity index (χ3n) is 5.77. The van der Waals surface area contributed by atoms with E-state index in [0.717, 1.165) is 36.4 Å². The summed E-state index contributed by atoms with van der Waals surface area (Å²) in [6, 6.07) is 9.90. The van der Waals surface area contributed by atoms with E-state index in [9.17, 15) is 0 Å². The SMILES string of the molecule is Cc1nc2ccccc2n1CCNC1CCCC1C1CCCN1. The van der Waals surface area contributed by atoms with E-state index in [0.29, 0.717) is 6.04 Å². The molecule has 2 N–H and O–H groups in total. The fourth-order valence-corrected chi connectivity index (χ4v) is 4.64. The number of rotatable bonds is 5. The first-order chi connectivity index (χ1) is 11.3. The van der Waals surface area contributed by atoms with Crippen LogP contribution in [0.2, 0.25) is 0 Å². The van der Waals surface area contributed by atoms with Crippen LogP contribution in [-0.2, 0) is 6.54 Å². The fourth-order valence-electron chi connectivity index (χ4n) is 4.64. The summed E-state index contributed by atoms with van der Waals surface area (Å²) in [5.41, 5.74) is 2.37. The molecule has 1 aliphatic heterocycles. The van der Waals surface area contributed by atoms with E-state index < -0.39 is 0 Å². The molecule has 3 unspecified atom stereocenters. The minimum atomic E-state index is 0.695. The van der Waals surface area contributed by atoms with Crippen molar-refractivity contribution < 1.29 is 0 Å². The van der Waals surface area contributed by atoms with Crippen LogP contribution >= 0.6 is 0 Å². The predicted octanol–water partition coefficient (Wildman–Crippen LogP) is 2.86. The van der Waals surface area contributed by atoms with E-state index in [-0.39, 0.29) is 0 Å². The summed E-state index contributed by atoms with van der Waals surface area (Å²) in [4.78, 5) is 4.67. The smallest absolute Gasteiger partial charge is 0.106 e. The number of hydrogen-bond acceptors (Lipinski definition) is 3. The monoisotopic (exact) mass is 312 g/mol. The van der Waals surface area contributed by atoms with Crippen LogP contribution in [-0.4, -0.2) is 34.7 Å². The molecule has 3 atom stereocenters. The van der Waals surface area contributed by atoms with E-state index in [1.54, 1.807) is 0 Å². The number of benzene rings is 1. The average molecular weight is 312 g/mol. The van der Waals surface area contributed by atoms with Crippen molar-refractivity contribution in [3.05, 3.63) is 30.1 Å². The van der Waals surface area contributed by atoms with Crippen LogP contribution in [0.15, 0.2) is 24.3 Å². The Balaban J connectivity index is 1.38. The quantitative estimate of drug-likeness (QED) is 0.892. The first-order valence-electron chi connectivity index (χ1n) is 9.21. The Hall–Kier alpha value is -1.39. The molecule has 0 radical (unpaired) electrons. The zero-order valence-corrected chi connectivity index (χ0v) is 14.1. The normalized spacial score (nSPS) is 28.0. The lowest BCUT2D eigenvalue weighted by molar-refractivity contribution is 0.318. The van der Waals surface area contributed by atoms with Gasteiger partial charge in [0.25, 0.3) is 0 Å². The highest BCUT2D eigenvalue weighted by Gasteiger charge is 2.34. The second-order valence-corrected chi connectivity index (χ2v) is 7.16. The Bertz CT molecular complexity index is 656. The van der Waals surface area contributed by atoms with Crippen LogP contribution in [0.1, 0.15) is 37.9 Å². The summed E-state index contributed by atoms with van der Waals surface area (Å²) in [6.45, 7) is 5.37. The maximum Gasteiger partial charge on any atom is 0.106 e. The van der Waals surface area contributed by atoms with Crippen LogP contribution < -0.4 is 10.6 Å². The minimum absolute atomic E-state index is 0.695. The molecule has 1 aromatic heterocycles. The summed E-state index contributed by atoms with van der Waals surface area (Å²) in [6.07, 6.45) is 6.84. The molecule has 0 bridgehead atoms. The van der Waals surface area contributed by atoms with E-state index in [2.05, 4.69) is 51.4 Å². The van der Waals surface area contributed by atoms with Gasteiger partial charge in [-0.15, -0.1) is 0 Å². The number of hydrogen-bond donors (Lipinski definition) is 2. The van der Waals surface area contributed by atoms with Gasteiger partial charge < -0.3 is 15.2 Å². The lowest BCUT2D eigenvalue weighted by atomic mass is 9.93. The van der Waals surface area contributed by atoms with Crippen LogP contribution in [0.3, 0.4) is 0 Å². The van der Waals surface area contributed by atoms with Crippen molar-refractivity contribution in [1.29, 1.82) is 0 Å². The molecule has 2 heterocycles. The molecule has 2 aliphatic rings. The van der Waals surface area contributed by atoms with Crippen molar-refractivity contribution in [1.82, 2.24) is 20.2 Å². The lowest BCUT2D eigenvalue weighted by Crippen LogP contribution is -2.43. The molecule has 124 valence electrons. The Morgan fingerprint density at radius 3 is 3.00 bits per heavy atom. The third-order valence-corrected chi connectivity index (χ3v) is 5.77. The number of para-hydroxylation sites is 2. The molecular weight excluding hydrogens is 284 g/mol. The molecule has 1 aliphatic carbocycles. The Morgan fingerprint density at radius 2 is 2.13 bits per heavy atom. The molecule has 1 saturated heterocycles. The van der Waals surface area contributed by atoms with Gasteiger partial charge in [0.2, 0.25) is 0 Å². The molecule has 2 fully saturated rings. The minimum Gasteiger partial charge on any atom is -0.327 e. The van der Waals surface area contributed by atoms with Gasteiger partial charge in [0.15, 0.2) is 0 Å². The molecule has 1 saturated carbocycles. The first kappa shape index (κ1) is 15.2. The van der Waals surface area contributed by atoms with Gasteiger partial charge in [-0.3, -0.25) is 0 Å². The summed E-state index contributed by atoms with van der Waals surface area (Å²) in [7, 11) is 0. The van der Waals surface area contributed by atoms with Gasteiger partial charge in [0, 0.05) is 25.2 Å². The van der Waals surface area contributed by atoms with Crippen molar-refractivity contribution >= 4 is 11.0 Å². The molecule has 1 aromatic carbocycles. The predicted molar refractivity (Wildman–Crippen MR) is 94.6 cm³/mol. The third kappa shape index (κ3) is 3.02. The summed E-state index contributed by atoms with van der Waals surface area (Å²) in [5, 5.41) is 7.56. The van der Waals surface area contributed by atoms with Gasteiger partial charge >= 0.3 is 0 Å². The van der Waals surface area contributed by atoms with Crippen LogP contribution in [0.25, 0.3) is 11.0 Å². The number of nitrogens with one attached hydrogen (secondary N) is 2. The number of imidazole rings is 1. The van der Waals surface area contributed by atoms with Gasteiger partial charge in [-0.1, -0.05) is 18.6 Å². The standard InChI is InChI=1S/C19H28N4/c1-14-22-18-7-2-3-10-19(18)23(14)13-12-21-16-8-4-6-15(16)17-9-5-11-20-17/h2-3,7,10,15-17,20-21H,4-6,8-9,11-13H2,1H3. The summed E-state index contributed by atoms with van der Waals surface area (Å²) in [5.74, 6) is 1.95. The molecule has 23 heavy (non-hydrogen) atoms. The van der Waals surface area contributed by atoms with E-state index in [1.165, 1.54) is 44.2 Å². The van der Waals surface area contributed by atoms with Gasteiger partial charge in [0.05, 0.1) is 11.0 Å². The second-order valence-electron chi connectivity index (χ2n) is 7.16. The Morgan fingerprint density at radius 1 is 1.22 bits per heavy atom. The molecule has 0 spiro atoms.